The van der Waals surface area contributed by atoms with Crippen molar-refractivity contribution in [3.8, 4) is 5.75 Å². The summed E-state index contributed by atoms with van der Waals surface area (Å²) in [7, 11) is -3.68. The first-order chi connectivity index (χ1) is 12.7. The smallest absolute Gasteiger partial charge is 0.232 e. The van der Waals surface area contributed by atoms with Gasteiger partial charge in [0.1, 0.15) is 5.75 Å². The molecule has 0 fully saturated rings. The van der Waals surface area contributed by atoms with Gasteiger partial charge in [-0.05, 0) is 31.2 Å². The highest BCUT2D eigenvalue weighted by molar-refractivity contribution is 7.92. The molecule has 0 spiro atoms. The van der Waals surface area contributed by atoms with Gasteiger partial charge in [0, 0.05) is 24.7 Å². The monoisotopic (exact) mass is 398 g/mol. The Labute approximate surface area is 156 Å². The van der Waals surface area contributed by atoms with E-state index in [-0.39, 0.29) is 18.7 Å². The normalized spacial score (nSPS) is 11.1. The number of halogens is 2. The Balaban J connectivity index is 2.13. The fourth-order valence-corrected chi connectivity index (χ4v) is 3.34. The maximum absolute atomic E-state index is 13.2. The highest BCUT2D eigenvalue weighted by Gasteiger charge is 2.22. The van der Waals surface area contributed by atoms with Crippen LogP contribution in [0.3, 0.4) is 0 Å². The van der Waals surface area contributed by atoms with E-state index in [9.17, 15) is 22.0 Å². The lowest BCUT2D eigenvalue weighted by Crippen LogP contribution is -2.33. The van der Waals surface area contributed by atoms with Gasteiger partial charge >= 0.3 is 0 Å². The minimum absolute atomic E-state index is 0.0829. The van der Waals surface area contributed by atoms with Gasteiger partial charge in [0.05, 0.1) is 18.6 Å². The first-order valence-corrected chi connectivity index (χ1v) is 10.0. The average Bonchev–Trinajstić information content (AvgIpc) is 2.59. The number of nitrogens with zero attached hydrogens (tertiary/aromatic N) is 1. The average molecular weight is 398 g/mol. The van der Waals surface area contributed by atoms with E-state index in [2.05, 4.69) is 5.32 Å². The number of benzene rings is 2. The number of ether oxygens (including phenoxy) is 1. The van der Waals surface area contributed by atoms with E-state index in [1.807, 2.05) is 0 Å². The van der Waals surface area contributed by atoms with Crippen LogP contribution in [0.1, 0.15) is 13.3 Å². The van der Waals surface area contributed by atoms with Crippen molar-refractivity contribution in [2.45, 2.75) is 13.3 Å². The lowest BCUT2D eigenvalue weighted by atomic mass is 10.2. The van der Waals surface area contributed by atoms with Gasteiger partial charge in [-0.2, -0.15) is 0 Å². The Hall–Kier alpha value is -2.68. The minimum Gasteiger partial charge on any atom is -0.492 e. The van der Waals surface area contributed by atoms with Crippen LogP contribution in [0.4, 0.5) is 20.2 Å². The lowest BCUT2D eigenvalue weighted by molar-refractivity contribution is -0.116. The van der Waals surface area contributed by atoms with E-state index < -0.39 is 27.6 Å². The van der Waals surface area contributed by atoms with Crippen LogP contribution in [0.5, 0.6) is 5.75 Å². The molecule has 0 aromatic heterocycles. The van der Waals surface area contributed by atoms with Crippen LogP contribution in [0.2, 0.25) is 0 Å². The van der Waals surface area contributed by atoms with Crippen molar-refractivity contribution in [3.05, 3.63) is 54.1 Å². The molecule has 0 aliphatic heterocycles. The fourth-order valence-electron chi connectivity index (χ4n) is 2.41. The Bertz CT molecular complexity index is 919. The minimum atomic E-state index is -3.68. The third kappa shape index (κ3) is 5.65. The third-order valence-electron chi connectivity index (χ3n) is 3.58. The molecule has 2 aromatic rings. The molecule has 2 aromatic carbocycles. The number of anilines is 2. The molecule has 6 nitrogen and oxygen atoms in total. The second kappa shape index (κ2) is 8.81. The highest BCUT2D eigenvalue weighted by atomic mass is 32.2. The zero-order valence-electron chi connectivity index (χ0n) is 14.9. The number of nitrogens with one attached hydrogen (secondary N) is 1. The van der Waals surface area contributed by atoms with Gasteiger partial charge in [-0.25, -0.2) is 17.2 Å². The number of hydrogen-bond donors (Lipinski definition) is 1. The van der Waals surface area contributed by atoms with Crippen LogP contribution >= 0.6 is 0 Å². The van der Waals surface area contributed by atoms with Crippen molar-refractivity contribution < 1.29 is 26.7 Å². The Morgan fingerprint density at radius 3 is 2.48 bits per heavy atom. The Morgan fingerprint density at radius 1 is 1.15 bits per heavy atom. The number of para-hydroxylation sites is 2. The van der Waals surface area contributed by atoms with Crippen LogP contribution in [0, 0.1) is 11.6 Å². The molecule has 0 atom stereocenters. The molecule has 146 valence electrons. The van der Waals surface area contributed by atoms with Gasteiger partial charge in [0.15, 0.2) is 11.6 Å². The molecule has 9 heteroatoms. The van der Waals surface area contributed by atoms with Crippen LogP contribution < -0.4 is 14.4 Å². The summed E-state index contributed by atoms with van der Waals surface area (Å²) in [5.41, 5.74) is 0.405. The van der Waals surface area contributed by atoms with Gasteiger partial charge in [0.25, 0.3) is 0 Å². The van der Waals surface area contributed by atoms with Crippen LogP contribution in [-0.4, -0.2) is 33.7 Å². The van der Waals surface area contributed by atoms with Gasteiger partial charge in [-0.15, -0.1) is 0 Å². The summed E-state index contributed by atoms with van der Waals surface area (Å²) >= 11 is 0. The first-order valence-electron chi connectivity index (χ1n) is 8.16. The predicted octanol–water partition coefficient (Wildman–Crippen LogP) is 3.16. The molecule has 2 rings (SSSR count). The van der Waals surface area contributed by atoms with Crippen molar-refractivity contribution in [1.82, 2.24) is 0 Å². The van der Waals surface area contributed by atoms with Crippen molar-refractivity contribution >= 4 is 27.3 Å². The van der Waals surface area contributed by atoms with E-state index in [1.165, 1.54) is 6.07 Å². The molecule has 1 N–H and O–H groups in total. The SMILES string of the molecule is CCOc1ccccc1N(CCC(=O)Nc1ccc(F)c(F)c1)S(C)(=O)=O. The summed E-state index contributed by atoms with van der Waals surface area (Å²) in [6.45, 7) is 1.99. The molecule has 0 aliphatic rings. The number of rotatable bonds is 8. The van der Waals surface area contributed by atoms with E-state index in [0.29, 0.717) is 18.0 Å². The van der Waals surface area contributed by atoms with Gasteiger partial charge < -0.3 is 10.1 Å². The van der Waals surface area contributed by atoms with Gasteiger partial charge in [-0.3, -0.25) is 9.10 Å². The lowest BCUT2D eigenvalue weighted by Gasteiger charge is -2.24. The predicted molar refractivity (Wildman–Crippen MR) is 99.4 cm³/mol. The summed E-state index contributed by atoms with van der Waals surface area (Å²) in [6, 6.07) is 9.56. The third-order valence-corrected chi connectivity index (χ3v) is 4.76. The number of carbonyl (C=O) groups excluding carboxylic acids is 1. The molecule has 0 unspecified atom stereocenters. The zero-order chi connectivity index (χ0) is 20.0. The standard InChI is InChI=1S/C18H20F2N2O4S/c1-3-26-17-7-5-4-6-16(17)22(27(2,24)25)11-10-18(23)21-13-8-9-14(19)15(20)12-13/h4-9,12H,3,10-11H2,1-2H3,(H,21,23). The van der Waals surface area contributed by atoms with Crippen molar-refractivity contribution in [2.75, 3.05) is 29.0 Å². The topological polar surface area (TPSA) is 75.7 Å². The molecule has 0 aliphatic carbocycles. The maximum Gasteiger partial charge on any atom is 0.232 e. The van der Waals surface area contributed by atoms with Crippen LogP contribution in [-0.2, 0) is 14.8 Å². The van der Waals surface area contributed by atoms with Crippen molar-refractivity contribution in [2.24, 2.45) is 0 Å². The molecule has 0 saturated carbocycles. The number of hydrogen-bond acceptors (Lipinski definition) is 4. The summed E-state index contributed by atoms with van der Waals surface area (Å²) in [5.74, 6) is -2.27. The summed E-state index contributed by atoms with van der Waals surface area (Å²) in [5, 5.41) is 2.41. The molecular weight excluding hydrogens is 378 g/mol. The van der Waals surface area contributed by atoms with Crippen molar-refractivity contribution in [3.63, 3.8) is 0 Å². The molecule has 0 radical (unpaired) electrons. The molecule has 1 amide bonds. The second-order valence-corrected chi connectivity index (χ2v) is 7.57. The second-order valence-electron chi connectivity index (χ2n) is 5.66. The molecule has 27 heavy (non-hydrogen) atoms. The van der Waals surface area contributed by atoms with E-state index >= 15 is 0 Å². The highest BCUT2D eigenvalue weighted by Crippen LogP contribution is 2.30. The van der Waals surface area contributed by atoms with E-state index in [0.717, 1.165) is 22.7 Å². The van der Waals surface area contributed by atoms with E-state index in [1.54, 1.807) is 31.2 Å². The summed E-state index contributed by atoms with van der Waals surface area (Å²) < 4.78 is 57.1. The van der Waals surface area contributed by atoms with Gasteiger partial charge in [-0.1, -0.05) is 12.1 Å². The summed E-state index contributed by atoms with van der Waals surface area (Å²) in [6.07, 6.45) is 0.843. The van der Waals surface area contributed by atoms with Gasteiger partial charge in [0.2, 0.25) is 15.9 Å². The van der Waals surface area contributed by atoms with Crippen molar-refractivity contribution in [1.29, 1.82) is 0 Å². The molecule has 0 saturated heterocycles. The number of carbonyl (C=O) groups is 1. The Kier molecular flexibility index (Phi) is 6.73. The molecule has 0 bridgehead atoms. The Morgan fingerprint density at radius 2 is 1.85 bits per heavy atom. The zero-order valence-corrected chi connectivity index (χ0v) is 15.7. The quantitative estimate of drug-likeness (QED) is 0.741. The summed E-state index contributed by atoms with van der Waals surface area (Å²) in [4.78, 5) is 12.1. The number of amides is 1. The first kappa shape index (κ1) is 20.6. The van der Waals surface area contributed by atoms with E-state index in [4.69, 9.17) is 4.74 Å². The molecule has 0 heterocycles. The largest absolute Gasteiger partial charge is 0.492 e. The van der Waals surface area contributed by atoms with Crippen LogP contribution in [0.15, 0.2) is 42.5 Å². The maximum atomic E-state index is 13.2. The van der Waals surface area contributed by atoms with Crippen LogP contribution in [0.25, 0.3) is 0 Å². The fraction of sp³-hybridized carbons (Fsp3) is 0.278. The number of sulfonamides is 1. The molecular formula is C18H20F2N2O4S.